The van der Waals surface area contributed by atoms with E-state index < -0.39 is 17.6 Å². The van der Waals surface area contributed by atoms with Crippen LogP contribution >= 0.6 is 0 Å². The first-order chi connectivity index (χ1) is 11.3. The molecule has 0 aliphatic rings. The largest absolute Gasteiger partial charge is 0.418 e. The predicted octanol–water partition coefficient (Wildman–Crippen LogP) is 4.15. The average molecular weight is 333 g/mol. The zero-order valence-corrected chi connectivity index (χ0v) is 12.7. The monoisotopic (exact) mass is 333 g/mol. The van der Waals surface area contributed by atoms with Gasteiger partial charge in [-0.05, 0) is 29.8 Å². The average Bonchev–Trinajstić information content (AvgIpc) is 2.52. The van der Waals surface area contributed by atoms with Crippen molar-refractivity contribution in [3.63, 3.8) is 0 Å². The Morgan fingerprint density at radius 1 is 1.21 bits per heavy atom. The van der Waals surface area contributed by atoms with E-state index in [2.05, 4.69) is 10.6 Å². The molecule has 1 amide bonds. The van der Waals surface area contributed by atoms with Gasteiger partial charge in [-0.25, -0.2) is 0 Å². The summed E-state index contributed by atoms with van der Waals surface area (Å²) in [5.41, 5.74) is 0.0535. The second-order valence-corrected chi connectivity index (χ2v) is 5.06. The lowest BCUT2D eigenvalue weighted by atomic mass is 10.1. The van der Waals surface area contributed by atoms with Gasteiger partial charge in [-0.15, -0.1) is 0 Å². The lowest BCUT2D eigenvalue weighted by Gasteiger charge is -2.16. The molecule has 0 unspecified atom stereocenters. The third-order valence-electron chi connectivity index (χ3n) is 3.25. The Balaban J connectivity index is 2.29. The van der Waals surface area contributed by atoms with Gasteiger partial charge in [0.1, 0.15) is 0 Å². The molecule has 0 saturated carbocycles. The normalized spacial score (nSPS) is 10.8. The summed E-state index contributed by atoms with van der Waals surface area (Å²) >= 11 is 0. The maximum Gasteiger partial charge on any atom is 0.418 e. The number of amides is 1. The Morgan fingerprint density at radius 3 is 2.54 bits per heavy atom. The molecule has 0 aromatic heterocycles. The van der Waals surface area contributed by atoms with Gasteiger partial charge in [0, 0.05) is 24.8 Å². The van der Waals surface area contributed by atoms with Gasteiger partial charge in [0.15, 0.2) is 0 Å². The number of nitriles is 1. The number of nitrogens with one attached hydrogen (secondary N) is 2. The van der Waals surface area contributed by atoms with Gasteiger partial charge in [0.2, 0.25) is 5.91 Å². The fourth-order valence-corrected chi connectivity index (χ4v) is 2.19. The summed E-state index contributed by atoms with van der Waals surface area (Å²) in [4.78, 5) is 11.0. The van der Waals surface area contributed by atoms with Crippen LogP contribution in [0.4, 0.5) is 24.5 Å². The Hall–Kier alpha value is -3.01. The predicted molar refractivity (Wildman–Crippen MR) is 84.2 cm³/mol. The van der Waals surface area contributed by atoms with Crippen LogP contribution < -0.4 is 10.6 Å². The first-order valence-electron chi connectivity index (χ1n) is 7.02. The summed E-state index contributed by atoms with van der Waals surface area (Å²) in [5, 5.41) is 14.1. The molecule has 0 fully saturated rings. The van der Waals surface area contributed by atoms with Crippen molar-refractivity contribution >= 4 is 17.3 Å². The van der Waals surface area contributed by atoms with Crippen molar-refractivity contribution in [1.29, 1.82) is 5.26 Å². The van der Waals surface area contributed by atoms with Crippen LogP contribution in [-0.2, 0) is 17.5 Å². The molecule has 0 aliphatic heterocycles. The van der Waals surface area contributed by atoms with E-state index in [1.54, 1.807) is 24.3 Å². The van der Waals surface area contributed by atoms with Gasteiger partial charge in [0.05, 0.1) is 17.2 Å². The molecule has 4 nitrogen and oxygen atoms in total. The van der Waals surface area contributed by atoms with Crippen molar-refractivity contribution in [1.82, 2.24) is 0 Å². The SMILES string of the molecule is CC(=O)Nc1ccc(NCc2ccccc2C#N)c(C(F)(F)F)c1. The molecule has 0 radical (unpaired) electrons. The Bertz CT molecular complexity index is 794. The molecule has 0 atom stereocenters. The fraction of sp³-hybridized carbons (Fsp3) is 0.176. The van der Waals surface area contributed by atoms with E-state index in [0.717, 1.165) is 6.07 Å². The number of nitrogens with zero attached hydrogens (tertiary/aromatic N) is 1. The van der Waals surface area contributed by atoms with Crippen molar-refractivity contribution in [2.45, 2.75) is 19.6 Å². The molecular weight excluding hydrogens is 319 g/mol. The summed E-state index contributed by atoms with van der Waals surface area (Å²) in [6.45, 7) is 1.30. The zero-order valence-electron chi connectivity index (χ0n) is 12.7. The number of hydrogen-bond acceptors (Lipinski definition) is 3. The maximum atomic E-state index is 13.2. The minimum Gasteiger partial charge on any atom is -0.380 e. The number of carbonyl (C=O) groups is 1. The first-order valence-corrected chi connectivity index (χ1v) is 7.02. The molecule has 124 valence electrons. The van der Waals surface area contributed by atoms with Crippen LogP contribution in [0, 0.1) is 11.3 Å². The smallest absolute Gasteiger partial charge is 0.380 e. The van der Waals surface area contributed by atoms with Gasteiger partial charge in [-0.3, -0.25) is 4.79 Å². The summed E-state index contributed by atoms with van der Waals surface area (Å²) in [5.74, 6) is -0.452. The summed E-state index contributed by atoms with van der Waals surface area (Å²) in [7, 11) is 0. The molecule has 2 aromatic rings. The zero-order chi connectivity index (χ0) is 17.7. The minimum absolute atomic E-state index is 0.0674. The number of benzene rings is 2. The van der Waals surface area contributed by atoms with Crippen LogP contribution in [0.25, 0.3) is 0 Å². The molecule has 2 N–H and O–H groups in total. The van der Waals surface area contributed by atoms with Crippen molar-refractivity contribution in [2.24, 2.45) is 0 Å². The molecule has 24 heavy (non-hydrogen) atoms. The molecule has 7 heteroatoms. The van der Waals surface area contributed by atoms with Crippen molar-refractivity contribution < 1.29 is 18.0 Å². The van der Waals surface area contributed by atoms with Crippen molar-refractivity contribution in [3.8, 4) is 6.07 Å². The van der Waals surface area contributed by atoms with Crippen LogP contribution in [-0.4, -0.2) is 5.91 Å². The fourth-order valence-electron chi connectivity index (χ4n) is 2.19. The second kappa shape index (κ2) is 7.04. The number of alkyl halides is 3. The number of carbonyl (C=O) groups excluding carboxylic acids is 1. The van der Waals surface area contributed by atoms with Crippen LogP contribution in [0.3, 0.4) is 0 Å². The van der Waals surface area contributed by atoms with Crippen LogP contribution in [0.5, 0.6) is 0 Å². The van der Waals surface area contributed by atoms with E-state index in [1.165, 1.54) is 19.1 Å². The van der Waals surface area contributed by atoms with E-state index in [-0.39, 0.29) is 17.9 Å². The molecule has 0 aliphatic carbocycles. The van der Waals surface area contributed by atoms with Crippen LogP contribution in [0.15, 0.2) is 42.5 Å². The second-order valence-electron chi connectivity index (χ2n) is 5.06. The molecule has 2 aromatic carbocycles. The number of hydrogen-bond donors (Lipinski definition) is 2. The van der Waals surface area contributed by atoms with E-state index >= 15 is 0 Å². The summed E-state index contributed by atoms with van der Waals surface area (Å²) in [6, 6.07) is 12.2. The summed E-state index contributed by atoms with van der Waals surface area (Å²) in [6.07, 6.45) is -4.58. The first kappa shape index (κ1) is 17.3. The Labute approximate surface area is 136 Å². The van der Waals surface area contributed by atoms with E-state index in [1.807, 2.05) is 6.07 Å². The maximum absolute atomic E-state index is 13.2. The molecule has 2 rings (SSSR count). The highest BCUT2D eigenvalue weighted by atomic mass is 19.4. The molecule has 0 heterocycles. The number of halogens is 3. The van der Waals surface area contributed by atoms with Gasteiger partial charge < -0.3 is 10.6 Å². The third-order valence-corrected chi connectivity index (χ3v) is 3.25. The van der Waals surface area contributed by atoms with Gasteiger partial charge in [-0.1, -0.05) is 18.2 Å². The highest BCUT2D eigenvalue weighted by molar-refractivity contribution is 5.89. The van der Waals surface area contributed by atoms with Crippen LogP contribution in [0.1, 0.15) is 23.6 Å². The van der Waals surface area contributed by atoms with Crippen molar-refractivity contribution in [2.75, 3.05) is 10.6 Å². The minimum atomic E-state index is -4.58. The standard InChI is InChI=1S/C17H14F3N3O/c1-11(24)23-14-6-7-16(15(8-14)17(18,19)20)22-10-13-5-3-2-4-12(13)9-21/h2-8,22H,10H2,1H3,(H,23,24). The van der Waals surface area contributed by atoms with E-state index in [4.69, 9.17) is 5.26 Å². The highest BCUT2D eigenvalue weighted by Gasteiger charge is 2.34. The molecule has 0 bridgehead atoms. The van der Waals surface area contributed by atoms with Gasteiger partial charge in [-0.2, -0.15) is 18.4 Å². The van der Waals surface area contributed by atoms with Crippen LogP contribution in [0.2, 0.25) is 0 Å². The number of anilines is 2. The molecule has 0 spiro atoms. The Kier molecular flexibility index (Phi) is 5.09. The molecule has 0 saturated heterocycles. The van der Waals surface area contributed by atoms with Crippen molar-refractivity contribution in [3.05, 3.63) is 59.2 Å². The van der Waals surface area contributed by atoms with E-state index in [0.29, 0.717) is 11.1 Å². The Morgan fingerprint density at radius 2 is 1.92 bits per heavy atom. The third kappa shape index (κ3) is 4.26. The lowest BCUT2D eigenvalue weighted by molar-refractivity contribution is -0.137. The lowest BCUT2D eigenvalue weighted by Crippen LogP contribution is -2.13. The van der Waals surface area contributed by atoms with Gasteiger partial charge in [0.25, 0.3) is 0 Å². The quantitative estimate of drug-likeness (QED) is 0.883. The molecular formula is C17H14F3N3O. The van der Waals surface area contributed by atoms with Gasteiger partial charge >= 0.3 is 6.18 Å². The van der Waals surface area contributed by atoms with E-state index in [9.17, 15) is 18.0 Å². The highest BCUT2D eigenvalue weighted by Crippen LogP contribution is 2.36. The summed E-state index contributed by atoms with van der Waals surface area (Å²) < 4.78 is 39.7. The number of rotatable bonds is 4. The topological polar surface area (TPSA) is 64.9 Å².